The van der Waals surface area contributed by atoms with Crippen molar-refractivity contribution in [2.24, 2.45) is 5.73 Å². The number of nitrogens with two attached hydrogens (primary N) is 2. The number of carbonyl (C=O) groups excluding carboxylic acids is 2. The van der Waals surface area contributed by atoms with Crippen molar-refractivity contribution in [3.05, 3.63) is 84.2 Å². The quantitative estimate of drug-likeness (QED) is 0.358. The van der Waals surface area contributed by atoms with Crippen molar-refractivity contribution < 1.29 is 27.5 Å². The van der Waals surface area contributed by atoms with E-state index in [4.69, 9.17) is 16.2 Å². The third kappa shape index (κ3) is 5.66. The zero-order valence-electron chi connectivity index (χ0n) is 19.7. The van der Waals surface area contributed by atoms with Crippen LogP contribution in [-0.2, 0) is 4.79 Å². The molecule has 1 aliphatic heterocycles. The molecule has 1 aromatic heterocycles. The first-order chi connectivity index (χ1) is 17.6. The van der Waals surface area contributed by atoms with Crippen molar-refractivity contribution in [3.63, 3.8) is 0 Å². The van der Waals surface area contributed by atoms with E-state index >= 15 is 0 Å². The second-order valence-electron chi connectivity index (χ2n) is 8.48. The van der Waals surface area contributed by atoms with Gasteiger partial charge in [-0.1, -0.05) is 6.58 Å². The van der Waals surface area contributed by atoms with Gasteiger partial charge in [-0.15, -0.1) is 0 Å². The normalized spacial score (nSPS) is 15.6. The molecule has 192 valence electrons. The van der Waals surface area contributed by atoms with Crippen LogP contribution in [0.1, 0.15) is 29.2 Å². The molecule has 8 nitrogen and oxygen atoms in total. The number of likely N-dealkylation sites (tertiary alicyclic amines) is 1. The summed E-state index contributed by atoms with van der Waals surface area (Å²) in [6.07, 6.45) is 3.39. The molecule has 4 rings (SSSR count). The molecule has 1 fully saturated rings. The lowest BCUT2D eigenvalue weighted by Crippen LogP contribution is -2.40. The Bertz CT molecular complexity index is 1380. The summed E-state index contributed by atoms with van der Waals surface area (Å²) in [7, 11) is 0. The van der Waals surface area contributed by atoms with Gasteiger partial charge in [-0.25, -0.2) is 17.9 Å². The molecule has 11 heteroatoms. The maximum atomic E-state index is 13.9. The number of primary amides is 1. The van der Waals surface area contributed by atoms with E-state index in [0.29, 0.717) is 31.0 Å². The first-order valence-corrected chi connectivity index (χ1v) is 11.4. The van der Waals surface area contributed by atoms with Crippen LogP contribution in [0.2, 0.25) is 0 Å². The van der Waals surface area contributed by atoms with Crippen LogP contribution in [0.3, 0.4) is 0 Å². The Morgan fingerprint density at radius 3 is 2.51 bits per heavy atom. The second kappa shape index (κ2) is 10.6. The number of anilines is 1. The number of aromatic nitrogens is 2. The van der Waals surface area contributed by atoms with Gasteiger partial charge in [0, 0.05) is 30.8 Å². The van der Waals surface area contributed by atoms with Gasteiger partial charge in [-0.2, -0.15) is 5.10 Å². The average molecular weight is 512 g/mol. The lowest BCUT2D eigenvalue weighted by atomic mass is 10.1. The van der Waals surface area contributed by atoms with Gasteiger partial charge < -0.3 is 21.1 Å². The molecule has 4 N–H and O–H groups in total. The van der Waals surface area contributed by atoms with Crippen LogP contribution in [0.4, 0.5) is 19.0 Å². The smallest absolute Gasteiger partial charge is 0.254 e. The summed E-state index contributed by atoms with van der Waals surface area (Å²) in [6.45, 7) is 3.83. The fraction of sp³-hybridized carbons (Fsp3) is 0.192. The number of hydrogen-bond acceptors (Lipinski definition) is 5. The zero-order valence-corrected chi connectivity index (χ0v) is 19.7. The van der Waals surface area contributed by atoms with Crippen molar-refractivity contribution in [2.75, 3.05) is 18.8 Å². The molecule has 1 aliphatic rings. The van der Waals surface area contributed by atoms with Crippen LogP contribution >= 0.6 is 0 Å². The van der Waals surface area contributed by atoms with Gasteiger partial charge in [0.2, 0.25) is 5.91 Å². The summed E-state index contributed by atoms with van der Waals surface area (Å²) in [6, 6.07) is 8.89. The minimum atomic E-state index is -0.850. The number of rotatable bonds is 7. The minimum absolute atomic E-state index is 0.0234. The summed E-state index contributed by atoms with van der Waals surface area (Å²) < 4.78 is 46.9. The highest BCUT2D eigenvalue weighted by molar-refractivity contribution is 6.03. The van der Waals surface area contributed by atoms with Gasteiger partial charge in [0.15, 0.2) is 11.6 Å². The van der Waals surface area contributed by atoms with Crippen LogP contribution in [-0.4, -0.2) is 39.6 Å². The molecule has 1 saturated heterocycles. The molecule has 0 spiro atoms. The van der Waals surface area contributed by atoms with Gasteiger partial charge in [0.25, 0.3) is 5.91 Å². The number of carbonyl (C=O) groups is 2. The topological polar surface area (TPSA) is 116 Å². The third-order valence-corrected chi connectivity index (χ3v) is 5.90. The lowest BCUT2D eigenvalue weighted by Gasteiger charge is -2.32. The predicted molar refractivity (Wildman–Crippen MR) is 131 cm³/mol. The molecule has 1 atom stereocenters. The molecule has 0 radical (unpaired) electrons. The minimum Gasteiger partial charge on any atom is -0.454 e. The number of amides is 2. The molecule has 0 unspecified atom stereocenters. The summed E-state index contributed by atoms with van der Waals surface area (Å²) >= 11 is 0. The molecular weight excluding hydrogens is 487 g/mol. The Balaban J connectivity index is 1.59. The Morgan fingerprint density at radius 1 is 1.14 bits per heavy atom. The first-order valence-electron chi connectivity index (χ1n) is 11.4. The Morgan fingerprint density at radius 2 is 1.86 bits per heavy atom. The number of nitrogen functional groups attached to an aromatic ring is 1. The standard InChI is InChI=1S/C26H24F3N5O3/c1-15(27)4-11-22(35)33-12-2-3-18(14-33)34-25(30)23(26(31)36)24(32-34)16-5-8-19(9-6-16)37-21-10-7-17(28)13-20(21)29/h4-11,13,18H,1-3,12,14,30H2,(H2,31,36)/b11-4+/t18-/m1/s1. The van der Waals surface area contributed by atoms with Gasteiger partial charge in [0.1, 0.15) is 34.5 Å². The average Bonchev–Trinajstić information content (AvgIpc) is 3.22. The van der Waals surface area contributed by atoms with Gasteiger partial charge in [0.05, 0.1) is 6.04 Å². The maximum Gasteiger partial charge on any atom is 0.254 e. The monoisotopic (exact) mass is 511 g/mol. The fourth-order valence-corrected chi connectivity index (χ4v) is 4.16. The van der Waals surface area contributed by atoms with Crippen LogP contribution < -0.4 is 16.2 Å². The number of benzene rings is 2. The number of piperidine rings is 1. The summed E-state index contributed by atoms with van der Waals surface area (Å²) in [5.41, 5.74) is 12.7. The van der Waals surface area contributed by atoms with Crippen LogP contribution in [0.25, 0.3) is 11.3 Å². The SMILES string of the molecule is C=C(F)/C=C/C(=O)N1CCC[C@@H](n2nc(-c3ccc(Oc4ccc(F)cc4F)cc3)c(C(N)=O)c2N)C1. The molecule has 0 bridgehead atoms. The molecule has 3 aromatic rings. The molecular formula is C26H24F3N5O3. The number of halogens is 3. The van der Waals surface area contributed by atoms with Crippen molar-refractivity contribution in [3.8, 4) is 22.8 Å². The summed E-state index contributed by atoms with van der Waals surface area (Å²) in [4.78, 5) is 26.2. The third-order valence-electron chi connectivity index (χ3n) is 5.90. The molecule has 0 aliphatic carbocycles. The fourth-order valence-electron chi connectivity index (χ4n) is 4.16. The van der Waals surface area contributed by atoms with E-state index in [1.165, 1.54) is 22.9 Å². The highest BCUT2D eigenvalue weighted by Gasteiger charge is 2.29. The lowest BCUT2D eigenvalue weighted by molar-refractivity contribution is -0.127. The van der Waals surface area contributed by atoms with E-state index in [1.54, 1.807) is 17.0 Å². The van der Waals surface area contributed by atoms with Crippen molar-refractivity contribution in [2.45, 2.75) is 18.9 Å². The van der Waals surface area contributed by atoms with Gasteiger partial charge in [-0.05, 0) is 55.3 Å². The Hall–Kier alpha value is -4.54. The number of nitrogens with zero attached hydrogens (tertiary/aromatic N) is 3. The van der Waals surface area contributed by atoms with E-state index in [2.05, 4.69) is 11.7 Å². The summed E-state index contributed by atoms with van der Waals surface area (Å²) in [5, 5.41) is 4.55. The van der Waals surface area contributed by atoms with Crippen LogP contribution in [0, 0.1) is 11.6 Å². The number of allylic oxidation sites excluding steroid dienone is 2. The van der Waals surface area contributed by atoms with Crippen LogP contribution in [0.5, 0.6) is 11.5 Å². The van der Waals surface area contributed by atoms with E-state index in [-0.39, 0.29) is 47.1 Å². The van der Waals surface area contributed by atoms with Gasteiger partial charge in [-0.3, -0.25) is 9.59 Å². The Kier molecular flexibility index (Phi) is 7.32. The van der Waals surface area contributed by atoms with E-state index in [0.717, 1.165) is 18.2 Å². The first kappa shape index (κ1) is 25.5. The van der Waals surface area contributed by atoms with E-state index < -0.39 is 23.4 Å². The number of hydrogen-bond donors (Lipinski definition) is 2. The number of ether oxygens (including phenoxy) is 1. The predicted octanol–water partition coefficient (Wildman–Crippen LogP) is 4.50. The highest BCUT2D eigenvalue weighted by Crippen LogP contribution is 2.33. The van der Waals surface area contributed by atoms with Crippen molar-refractivity contribution >= 4 is 17.6 Å². The van der Waals surface area contributed by atoms with Crippen molar-refractivity contribution in [1.82, 2.24) is 14.7 Å². The second-order valence-corrected chi connectivity index (χ2v) is 8.48. The molecule has 2 amide bonds. The summed E-state index contributed by atoms with van der Waals surface area (Å²) in [5.74, 6) is -3.28. The van der Waals surface area contributed by atoms with E-state index in [1.807, 2.05) is 0 Å². The highest BCUT2D eigenvalue weighted by atomic mass is 19.1. The molecule has 37 heavy (non-hydrogen) atoms. The van der Waals surface area contributed by atoms with Gasteiger partial charge >= 0.3 is 0 Å². The molecule has 0 saturated carbocycles. The largest absolute Gasteiger partial charge is 0.454 e. The molecule has 2 heterocycles. The molecule has 2 aromatic carbocycles. The zero-order chi connectivity index (χ0) is 26.7. The van der Waals surface area contributed by atoms with Crippen LogP contribution in [0.15, 0.2) is 67.0 Å². The van der Waals surface area contributed by atoms with Crippen molar-refractivity contribution in [1.29, 1.82) is 0 Å². The Labute approximate surface area is 210 Å². The van der Waals surface area contributed by atoms with E-state index in [9.17, 15) is 22.8 Å². The maximum absolute atomic E-state index is 13.9.